The van der Waals surface area contributed by atoms with Gasteiger partial charge in [-0.25, -0.2) is 4.98 Å². The van der Waals surface area contributed by atoms with Crippen molar-refractivity contribution in [1.29, 1.82) is 0 Å². The van der Waals surface area contributed by atoms with Crippen LogP contribution >= 0.6 is 0 Å². The molecule has 0 unspecified atom stereocenters. The van der Waals surface area contributed by atoms with Crippen LogP contribution in [0.4, 0.5) is 0 Å². The van der Waals surface area contributed by atoms with E-state index in [1.165, 1.54) is 60.1 Å². The summed E-state index contributed by atoms with van der Waals surface area (Å²) < 4.78 is 0. The predicted molar refractivity (Wildman–Crippen MR) is 115 cm³/mol. The molecule has 3 rings (SSSR count). The Morgan fingerprint density at radius 3 is 2.33 bits per heavy atom. The number of H-pyrrole nitrogens is 1. The average molecular weight is 361 g/mol. The Hall–Kier alpha value is -2.35. The third kappa shape index (κ3) is 5.32. The summed E-state index contributed by atoms with van der Waals surface area (Å²) in [5.41, 5.74) is 7.59. The summed E-state index contributed by atoms with van der Waals surface area (Å²) in [7, 11) is 0. The zero-order valence-electron chi connectivity index (χ0n) is 17.0. The Bertz CT molecular complexity index is 843. The summed E-state index contributed by atoms with van der Waals surface area (Å²) in [4.78, 5) is 8.67. The van der Waals surface area contributed by atoms with E-state index in [0.29, 0.717) is 0 Å². The number of hydrogen-bond acceptors (Lipinski definition) is 1. The van der Waals surface area contributed by atoms with Crippen LogP contribution in [-0.4, -0.2) is 9.97 Å². The van der Waals surface area contributed by atoms with E-state index >= 15 is 0 Å². The molecule has 27 heavy (non-hydrogen) atoms. The molecular weight excluding hydrogens is 328 g/mol. The summed E-state index contributed by atoms with van der Waals surface area (Å²) in [6.07, 6.45) is 8.42. The van der Waals surface area contributed by atoms with Gasteiger partial charge in [0.25, 0.3) is 0 Å². The molecular formula is C25H32N2. The Kier molecular flexibility index (Phi) is 6.86. The van der Waals surface area contributed by atoms with Crippen molar-refractivity contribution < 1.29 is 0 Å². The monoisotopic (exact) mass is 360 g/mol. The lowest BCUT2D eigenvalue weighted by molar-refractivity contribution is 0.629. The van der Waals surface area contributed by atoms with Gasteiger partial charge in [0.05, 0.1) is 5.69 Å². The third-order valence-electron chi connectivity index (χ3n) is 5.25. The normalized spacial score (nSPS) is 11.1. The molecule has 0 saturated carbocycles. The Morgan fingerprint density at radius 2 is 1.59 bits per heavy atom. The Labute approximate surface area is 164 Å². The number of aromatic nitrogens is 2. The van der Waals surface area contributed by atoms with Gasteiger partial charge < -0.3 is 4.98 Å². The first-order valence-corrected chi connectivity index (χ1v) is 10.4. The lowest BCUT2D eigenvalue weighted by atomic mass is 10.0. The number of imidazole rings is 1. The number of nitrogens with zero attached hydrogens (tertiary/aromatic N) is 1. The lowest BCUT2D eigenvalue weighted by Gasteiger charge is -2.06. The minimum atomic E-state index is 0.856. The first-order chi connectivity index (χ1) is 13.2. The number of hydrogen-bond donors (Lipinski definition) is 1. The molecule has 1 heterocycles. The van der Waals surface area contributed by atoms with Gasteiger partial charge in [0, 0.05) is 17.7 Å². The highest BCUT2D eigenvalue weighted by Crippen LogP contribution is 2.27. The van der Waals surface area contributed by atoms with Crippen molar-refractivity contribution in [3.63, 3.8) is 0 Å². The van der Waals surface area contributed by atoms with Crippen LogP contribution in [0.5, 0.6) is 0 Å². The van der Waals surface area contributed by atoms with Gasteiger partial charge in [-0.1, -0.05) is 86.7 Å². The largest absolute Gasteiger partial charge is 0.345 e. The highest BCUT2D eigenvalue weighted by molar-refractivity contribution is 5.66. The van der Waals surface area contributed by atoms with E-state index in [0.717, 1.165) is 24.4 Å². The first-order valence-electron chi connectivity index (χ1n) is 10.4. The standard InChI is InChI=1S/C25H32N2/c1-4-5-6-7-8-13-23-25(22-12-10-9-11-20(22)3)27-24(26-23)18-21-16-14-19(2)15-17-21/h9-12,14-17H,4-8,13,18H2,1-3H3,(H,26,27). The quantitative estimate of drug-likeness (QED) is 0.418. The maximum absolute atomic E-state index is 5.02. The van der Waals surface area contributed by atoms with E-state index < -0.39 is 0 Å². The van der Waals surface area contributed by atoms with Crippen LogP contribution in [0.15, 0.2) is 48.5 Å². The Morgan fingerprint density at radius 1 is 0.852 bits per heavy atom. The van der Waals surface area contributed by atoms with Gasteiger partial charge in [-0.2, -0.15) is 0 Å². The first kappa shape index (κ1) is 19.4. The molecule has 0 aliphatic rings. The summed E-state index contributed by atoms with van der Waals surface area (Å²) >= 11 is 0. The number of aromatic amines is 1. The van der Waals surface area contributed by atoms with Gasteiger partial charge >= 0.3 is 0 Å². The average Bonchev–Trinajstić information content (AvgIpc) is 3.06. The summed E-state index contributed by atoms with van der Waals surface area (Å²) in [6.45, 7) is 6.57. The predicted octanol–water partition coefficient (Wildman–Crippen LogP) is 6.80. The number of rotatable bonds is 9. The molecule has 0 saturated heterocycles. The molecule has 1 N–H and O–H groups in total. The number of unbranched alkanes of at least 4 members (excludes halogenated alkanes) is 4. The maximum atomic E-state index is 5.02. The second-order valence-electron chi connectivity index (χ2n) is 7.65. The highest BCUT2D eigenvalue weighted by atomic mass is 14.9. The van der Waals surface area contributed by atoms with Gasteiger partial charge in [-0.3, -0.25) is 0 Å². The van der Waals surface area contributed by atoms with Crippen LogP contribution in [-0.2, 0) is 12.8 Å². The fraction of sp³-hybridized carbons (Fsp3) is 0.400. The van der Waals surface area contributed by atoms with Crippen molar-refractivity contribution in [3.8, 4) is 11.3 Å². The van der Waals surface area contributed by atoms with Crippen LogP contribution in [0.2, 0.25) is 0 Å². The van der Waals surface area contributed by atoms with Crippen molar-refractivity contribution in [1.82, 2.24) is 9.97 Å². The summed E-state index contributed by atoms with van der Waals surface area (Å²) in [5.74, 6) is 1.07. The summed E-state index contributed by atoms with van der Waals surface area (Å²) in [6, 6.07) is 17.3. The van der Waals surface area contributed by atoms with Crippen LogP contribution in [0.25, 0.3) is 11.3 Å². The minimum Gasteiger partial charge on any atom is -0.345 e. The minimum absolute atomic E-state index is 0.856. The van der Waals surface area contributed by atoms with E-state index in [9.17, 15) is 0 Å². The summed E-state index contributed by atoms with van der Waals surface area (Å²) in [5, 5.41) is 0. The molecule has 0 bridgehead atoms. The second kappa shape index (κ2) is 9.55. The van der Waals surface area contributed by atoms with Crippen LogP contribution in [0.3, 0.4) is 0 Å². The van der Waals surface area contributed by atoms with Crippen molar-refractivity contribution >= 4 is 0 Å². The van der Waals surface area contributed by atoms with Crippen molar-refractivity contribution in [2.75, 3.05) is 0 Å². The van der Waals surface area contributed by atoms with Crippen molar-refractivity contribution in [2.24, 2.45) is 0 Å². The second-order valence-corrected chi connectivity index (χ2v) is 7.65. The number of benzene rings is 2. The molecule has 0 radical (unpaired) electrons. The van der Waals surface area contributed by atoms with E-state index in [-0.39, 0.29) is 0 Å². The van der Waals surface area contributed by atoms with Crippen LogP contribution in [0.1, 0.15) is 67.2 Å². The highest BCUT2D eigenvalue weighted by Gasteiger charge is 2.14. The smallest absolute Gasteiger partial charge is 0.111 e. The maximum Gasteiger partial charge on any atom is 0.111 e. The molecule has 0 fully saturated rings. The molecule has 0 spiro atoms. The van der Waals surface area contributed by atoms with Gasteiger partial charge in [0.2, 0.25) is 0 Å². The lowest BCUT2D eigenvalue weighted by Crippen LogP contribution is -1.92. The number of aryl methyl sites for hydroxylation is 3. The molecule has 0 aliphatic heterocycles. The molecule has 142 valence electrons. The van der Waals surface area contributed by atoms with E-state index in [2.05, 4.69) is 74.3 Å². The van der Waals surface area contributed by atoms with E-state index in [1.54, 1.807) is 0 Å². The molecule has 0 aliphatic carbocycles. The molecule has 2 heteroatoms. The van der Waals surface area contributed by atoms with E-state index in [1.807, 2.05) is 0 Å². The zero-order valence-corrected chi connectivity index (χ0v) is 17.0. The van der Waals surface area contributed by atoms with Crippen LogP contribution < -0.4 is 0 Å². The van der Waals surface area contributed by atoms with E-state index in [4.69, 9.17) is 4.98 Å². The molecule has 2 nitrogen and oxygen atoms in total. The van der Waals surface area contributed by atoms with Gasteiger partial charge in [-0.05, 0) is 37.8 Å². The molecule has 0 amide bonds. The number of nitrogens with one attached hydrogen (secondary N) is 1. The zero-order chi connectivity index (χ0) is 19.1. The van der Waals surface area contributed by atoms with Gasteiger partial charge in [0.1, 0.15) is 5.82 Å². The fourth-order valence-electron chi connectivity index (χ4n) is 3.59. The topological polar surface area (TPSA) is 28.7 Å². The third-order valence-corrected chi connectivity index (χ3v) is 5.25. The van der Waals surface area contributed by atoms with Gasteiger partial charge in [0.15, 0.2) is 0 Å². The van der Waals surface area contributed by atoms with Crippen molar-refractivity contribution in [3.05, 3.63) is 76.7 Å². The van der Waals surface area contributed by atoms with Gasteiger partial charge in [-0.15, -0.1) is 0 Å². The SMILES string of the molecule is CCCCCCCc1[nH]c(Cc2ccc(C)cc2)nc1-c1ccccc1C. The molecule has 1 aromatic heterocycles. The Balaban J connectivity index is 1.81. The van der Waals surface area contributed by atoms with Crippen LogP contribution in [0, 0.1) is 13.8 Å². The molecule has 0 atom stereocenters. The molecule has 2 aromatic carbocycles. The fourth-order valence-corrected chi connectivity index (χ4v) is 3.59. The molecule has 3 aromatic rings. The van der Waals surface area contributed by atoms with Crippen molar-refractivity contribution in [2.45, 2.75) is 65.7 Å².